The van der Waals surface area contributed by atoms with Crippen LogP contribution in [-0.2, 0) is 20.8 Å². The van der Waals surface area contributed by atoms with Gasteiger partial charge in [-0.25, -0.2) is 0 Å². The van der Waals surface area contributed by atoms with E-state index < -0.39 is 6.10 Å². The second-order valence-corrected chi connectivity index (χ2v) is 5.84. The molecule has 1 fully saturated rings. The van der Waals surface area contributed by atoms with Crippen LogP contribution >= 0.6 is 11.3 Å². The molecule has 2 rings (SSSR count). The topological polar surface area (TPSA) is 38.8 Å². The van der Waals surface area contributed by atoms with Crippen molar-refractivity contribution in [3.05, 3.63) is 22.4 Å². The molecule has 19 heavy (non-hydrogen) atoms. The molecular formula is C14H21NO3S. The Kier molecular flexibility index (Phi) is 5.36. The van der Waals surface area contributed by atoms with Crippen LogP contribution in [0, 0.1) is 0 Å². The first-order valence-electron chi connectivity index (χ1n) is 6.66. The zero-order valence-electron chi connectivity index (χ0n) is 11.5. The molecule has 0 radical (unpaired) electrons. The van der Waals surface area contributed by atoms with Crippen molar-refractivity contribution in [3.63, 3.8) is 0 Å². The molecule has 2 heterocycles. The van der Waals surface area contributed by atoms with Gasteiger partial charge in [-0.3, -0.25) is 4.79 Å². The van der Waals surface area contributed by atoms with Gasteiger partial charge in [-0.2, -0.15) is 0 Å². The summed E-state index contributed by atoms with van der Waals surface area (Å²) in [7, 11) is 1.57. The highest BCUT2D eigenvalue weighted by Gasteiger charge is 2.25. The van der Waals surface area contributed by atoms with Crippen molar-refractivity contribution in [2.45, 2.75) is 38.5 Å². The molecule has 0 spiro atoms. The van der Waals surface area contributed by atoms with E-state index in [0.29, 0.717) is 13.1 Å². The first-order valence-corrected chi connectivity index (χ1v) is 7.54. The van der Waals surface area contributed by atoms with E-state index in [1.165, 1.54) is 4.88 Å². The maximum Gasteiger partial charge on any atom is 0.251 e. The number of carbonyl (C=O) groups is 1. The predicted molar refractivity (Wildman–Crippen MR) is 75.2 cm³/mol. The van der Waals surface area contributed by atoms with E-state index in [-0.39, 0.29) is 12.0 Å². The van der Waals surface area contributed by atoms with Gasteiger partial charge in [-0.15, -0.1) is 11.3 Å². The highest BCUT2D eigenvalue weighted by Crippen LogP contribution is 2.18. The molecule has 1 aromatic rings. The SMILES string of the molecule is COC(C)C(=O)N(Cc1cccs1)CC1CCCO1. The van der Waals surface area contributed by atoms with Gasteiger partial charge in [0.15, 0.2) is 0 Å². The molecule has 1 aliphatic heterocycles. The Morgan fingerprint density at radius 2 is 2.53 bits per heavy atom. The molecule has 5 heteroatoms. The first kappa shape index (κ1) is 14.5. The molecule has 4 nitrogen and oxygen atoms in total. The lowest BCUT2D eigenvalue weighted by Gasteiger charge is -2.27. The van der Waals surface area contributed by atoms with Gasteiger partial charge < -0.3 is 14.4 Å². The summed E-state index contributed by atoms with van der Waals surface area (Å²) in [5, 5.41) is 2.03. The van der Waals surface area contributed by atoms with Gasteiger partial charge >= 0.3 is 0 Å². The van der Waals surface area contributed by atoms with Gasteiger partial charge in [0, 0.05) is 25.1 Å². The lowest BCUT2D eigenvalue weighted by atomic mass is 10.2. The van der Waals surface area contributed by atoms with Crippen molar-refractivity contribution in [2.24, 2.45) is 0 Å². The number of ether oxygens (including phenoxy) is 2. The Bertz CT molecular complexity index is 387. The Morgan fingerprint density at radius 3 is 3.11 bits per heavy atom. The third-order valence-corrected chi connectivity index (χ3v) is 4.25. The summed E-state index contributed by atoms with van der Waals surface area (Å²) in [6.45, 7) is 3.90. The lowest BCUT2D eigenvalue weighted by molar-refractivity contribution is -0.143. The Hall–Kier alpha value is -0.910. The van der Waals surface area contributed by atoms with Crippen molar-refractivity contribution in [2.75, 3.05) is 20.3 Å². The summed E-state index contributed by atoms with van der Waals surface area (Å²) in [4.78, 5) is 15.4. The maximum atomic E-state index is 12.3. The molecule has 0 bridgehead atoms. The Labute approximate surface area is 118 Å². The fourth-order valence-electron chi connectivity index (χ4n) is 2.22. The highest BCUT2D eigenvalue weighted by atomic mass is 32.1. The van der Waals surface area contributed by atoms with Crippen LogP contribution in [0.1, 0.15) is 24.6 Å². The molecule has 0 aliphatic carbocycles. The highest BCUT2D eigenvalue weighted by molar-refractivity contribution is 7.09. The zero-order valence-corrected chi connectivity index (χ0v) is 12.3. The summed E-state index contributed by atoms with van der Waals surface area (Å²) < 4.78 is 10.8. The zero-order chi connectivity index (χ0) is 13.7. The van der Waals surface area contributed by atoms with Crippen LogP contribution in [-0.4, -0.2) is 43.3 Å². The summed E-state index contributed by atoms with van der Waals surface area (Å²) in [5.74, 6) is 0.0337. The smallest absolute Gasteiger partial charge is 0.251 e. The minimum atomic E-state index is -0.402. The number of methoxy groups -OCH3 is 1. The average molecular weight is 283 g/mol. The van der Waals surface area contributed by atoms with E-state index in [0.717, 1.165) is 19.4 Å². The number of carbonyl (C=O) groups excluding carboxylic acids is 1. The number of amides is 1. The largest absolute Gasteiger partial charge is 0.376 e. The standard InChI is InChI=1S/C14H21NO3S/c1-11(17-2)14(16)15(9-12-5-3-7-18-12)10-13-6-4-8-19-13/h4,6,8,11-12H,3,5,7,9-10H2,1-2H3. The molecule has 2 unspecified atom stereocenters. The maximum absolute atomic E-state index is 12.3. The quantitative estimate of drug-likeness (QED) is 0.804. The van der Waals surface area contributed by atoms with Crippen molar-refractivity contribution in [1.82, 2.24) is 4.90 Å². The van der Waals surface area contributed by atoms with Gasteiger partial charge in [0.25, 0.3) is 5.91 Å². The lowest BCUT2D eigenvalue weighted by Crippen LogP contribution is -2.42. The van der Waals surface area contributed by atoms with E-state index in [1.807, 2.05) is 16.3 Å². The Morgan fingerprint density at radius 1 is 1.68 bits per heavy atom. The van der Waals surface area contributed by atoms with Crippen LogP contribution in [0.4, 0.5) is 0 Å². The first-order chi connectivity index (χ1) is 9.20. The third-order valence-electron chi connectivity index (χ3n) is 3.39. The van der Waals surface area contributed by atoms with Crippen molar-refractivity contribution in [1.29, 1.82) is 0 Å². The molecular weight excluding hydrogens is 262 g/mol. The molecule has 0 saturated carbocycles. The van der Waals surface area contributed by atoms with Gasteiger partial charge in [0.05, 0.1) is 12.6 Å². The number of hydrogen-bond acceptors (Lipinski definition) is 4. The number of thiophene rings is 1. The molecule has 0 N–H and O–H groups in total. The summed E-state index contributed by atoms with van der Waals surface area (Å²) >= 11 is 1.67. The van der Waals surface area contributed by atoms with Crippen molar-refractivity contribution >= 4 is 17.2 Å². The third kappa shape index (κ3) is 4.03. The van der Waals surface area contributed by atoms with Crippen molar-refractivity contribution < 1.29 is 14.3 Å². The van der Waals surface area contributed by atoms with Gasteiger partial charge in [-0.1, -0.05) is 6.07 Å². The molecule has 106 valence electrons. The molecule has 1 amide bonds. The van der Waals surface area contributed by atoms with Crippen LogP contribution in [0.3, 0.4) is 0 Å². The van der Waals surface area contributed by atoms with E-state index in [4.69, 9.17) is 9.47 Å². The van der Waals surface area contributed by atoms with Crippen LogP contribution < -0.4 is 0 Å². The fourth-order valence-corrected chi connectivity index (χ4v) is 2.93. The summed E-state index contributed by atoms with van der Waals surface area (Å²) in [6, 6.07) is 4.06. The summed E-state index contributed by atoms with van der Waals surface area (Å²) in [5.41, 5.74) is 0. The van der Waals surface area contributed by atoms with Gasteiger partial charge in [-0.05, 0) is 31.2 Å². The average Bonchev–Trinajstić information content (AvgIpc) is 3.09. The molecule has 1 saturated heterocycles. The van der Waals surface area contributed by atoms with E-state index >= 15 is 0 Å². The molecule has 2 atom stereocenters. The van der Waals surface area contributed by atoms with Gasteiger partial charge in [0.1, 0.15) is 6.10 Å². The van der Waals surface area contributed by atoms with E-state index in [1.54, 1.807) is 25.4 Å². The van der Waals surface area contributed by atoms with Crippen molar-refractivity contribution in [3.8, 4) is 0 Å². The minimum absolute atomic E-state index is 0.0337. The van der Waals surface area contributed by atoms with Crippen LogP contribution in [0.5, 0.6) is 0 Å². The van der Waals surface area contributed by atoms with Gasteiger partial charge in [0.2, 0.25) is 0 Å². The second kappa shape index (κ2) is 7.03. The second-order valence-electron chi connectivity index (χ2n) is 4.81. The number of nitrogens with zero attached hydrogens (tertiary/aromatic N) is 1. The number of rotatable bonds is 6. The van der Waals surface area contributed by atoms with Crippen LogP contribution in [0.15, 0.2) is 17.5 Å². The normalized spacial score (nSPS) is 20.4. The monoisotopic (exact) mass is 283 g/mol. The fraction of sp³-hybridized carbons (Fsp3) is 0.643. The Balaban J connectivity index is 2.00. The van der Waals surface area contributed by atoms with Crippen LogP contribution in [0.2, 0.25) is 0 Å². The van der Waals surface area contributed by atoms with E-state index in [9.17, 15) is 4.79 Å². The molecule has 1 aromatic heterocycles. The van der Waals surface area contributed by atoms with E-state index in [2.05, 4.69) is 6.07 Å². The van der Waals surface area contributed by atoms with Crippen LogP contribution in [0.25, 0.3) is 0 Å². The minimum Gasteiger partial charge on any atom is -0.376 e. The molecule has 0 aromatic carbocycles. The summed E-state index contributed by atoms with van der Waals surface area (Å²) in [6.07, 6.45) is 1.90. The predicted octanol–water partition coefficient (Wildman–Crippen LogP) is 2.29. The molecule has 1 aliphatic rings. The number of hydrogen-bond donors (Lipinski definition) is 0.